The number of phosphoric ester groups is 1. The standard InChI is InChI=1S/C43H75O9P/c1-3-5-7-9-11-13-15-17-18-19-20-22-24-26-28-30-32-36-43(46)52-41(39-51-53(47,48)49)38-50-42(45)37-33-35-40(44)34-31-29-27-25-23-21-16-14-12-10-8-6-4-2/h6,8,12,14,21,23,27,29,31,34,40-41,44H,3-5,7,9-11,13,15-20,22,24-26,28,30,32-33,35-39H2,1-2H3,(H2,47,48,49)/b8-6-,14-12-,23-21-,29-27-,34-31+/t40?,41-/m1/s1. The SMILES string of the molecule is CC/C=C\C/C=C\C/C=C\C/C=C\C=C\C(O)CCCC(=O)OC[C@H](COP(=O)(O)O)OC(=O)CCCCCCCCCCCCCCCCCCC. The number of aliphatic hydroxyl groups excluding tert-OH is 1. The van der Waals surface area contributed by atoms with E-state index in [1.165, 1.54) is 83.5 Å². The van der Waals surface area contributed by atoms with Gasteiger partial charge in [-0.25, -0.2) is 4.57 Å². The van der Waals surface area contributed by atoms with E-state index >= 15 is 0 Å². The lowest BCUT2D eigenvalue weighted by Crippen LogP contribution is -2.29. The lowest BCUT2D eigenvalue weighted by Gasteiger charge is -2.18. The number of phosphoric acid groups is 1. The summed E-state index contributed by atoms with van der Waals surface area (Å²) in [4.78, 5) is 42.8. The fourth-order valence-corrected chi connectivity index (χ4v) is 5.94. The predicted octanol–water partition coefficient (Wildman–Crippen LogP) is 11.5. The number of aliphatic hydroxyl groups is 1. The van der Waals surface area contributed by atoms with Gasteiger partial charge in [0.2, 0.25) is 0 Å². The van der Waals surface area contributed by atoms with Crippen LogP contribution in [0.4, 0.5) is 0 Å². The first kappa shape index (κ1) is 50.7. The third kappa shape index (κ3) is 40.7. The lowest BCUT2D eigenvalue weighted by molar-refractivity contribution is -0.161. The number of unbranched alkanes of at least 4 members (excludes halogenated alkanes) is 16. The van der Waals surface area contributed by atoms with Gasteiger partial charge in [-0.2, -0.15) is 0 Å². The number of carbonyl (C=O) groups excluding carboxylic acids is 2. The van der Waals surface area contributed by atoms with Crippen molar-refractivity contribution in [2.45, 2.75) is 187 Å². The van der Waals surface area contributed by atoms with Crippen LogP contribution >= 0.6 is 7.82 Å². The third-order valence-electron chi connectivity index (χ3n) is 8.65. The van der Waals surface area contributed by atoms with Crippen molar-refractivity contribution < 1.29 is 43.0 Å². The van der Waals surface area contributed by atoms with Crippen molar-refractivity contribution in [2.75, 3.05) is 13.2 Å². The minimum Gasteiger partial charge on any atom is -0.462 e. The van der Waals surface area contributed by atoms with Gasteiger partial charge < -0.3 is 24.4 Å². The summed E-state index contributed by atoms with van der Waals surface area (Å²) in [5.41, 5.74) is 0. The van der Waals surface area contributed by atoms with Crippen molar-refractivity contribution in [1.82, 2.24) is 0 Å². The molecule has 306 valence electrons. The molecule has 0 aliphatic carbocycles. The Hall–Kier alpha value is -2.29. The second kappa shape index (κ2) is 38.0. The Labute approximate surface area is 322 Å². The number of allylic oxidation sites excluding steroid dienone is 9. The summed E-state index contributed by atoms with van der Waals surface area (Å²) in [5.74, 6) is -1.09. The summed E-state index contributed by atoms with van der Waals surface area (Å²) in [5, 5.41) is 10.2. The maximum atomic E-state index is 12.4. The molecule has 53 heavy (non-hydrogen) atoms. The van der Waals surface area contributed by atoms with Gasteiger partial charge in [-0.3, -0.25) is 14.1 Å². The van der Waals surface area contributed by atoms with E-state index in [-0.39, 0.29) is 19.4 Å². The number of hydrogen-bond acceptors (Lipinski definition) is 7. The highest BCUT2D eigenvalue weighted by atomic mass is 31.2. The number of ether oxygens (including phenoxy) is 2. The molecule has 0 heterocycles. The van der Waals surface area contributed by atoms with Gasteiger partial charge in [-0.1, -0.05) is 177 Å². The van der Waals surface area contributed by atoms with E-state index in [0.29, 0.717) is 19.3 Å². The molecule has 0 saturated heterocycles. The summed E-state index contributed by atoms with van der Waals surface area (Å²) < 4.78 is 26.3. The molecule has 0 bridgehead atoms. The molecule has 0 fully saturated rings. The smallest absolute Gasteiger partial charge is 0.462 e. The van der Waals surface area contributed by atoms with Gasteiger partial charge in [0, 0.05) is 12.8 Å². The molecule has 0 aromatic rings. The summed E-state index contributed by atoms with van der Waals surface area (Å²) in [7, 11) is -4.80. The predicted molar refractivity (Wildman–Crippen MR) is 217 cm³/mol. The Kier molecular flexibility index (Phi) is 36.4. The zero-order valence-electron chi connectivity index (χ0n) is 33.3. The van der Waals surface area contributed by atoms with E-state index in [4.69, 9.17) is 19.3 Å². The third-order valence-corrected chi connectivity index (χ3v) is 9.14. The van der Waals surface area contributed by atoms with Crippen LogP contribution in [0.1, 0.15) is 174 Å². The highest BCUT2D eigenvalue weighted by Gasteiger charge is 2.23. The zero-order chi connectivity index (χ0) is 39.1. The molecule has 0 aliphatic rings. The average Bonchev–Trinajstić information content (AvgIpc) is 3.12. The molecule has 0 amide bonds. The molecule has 3 N–H and O–H groups in total. The van der Waals surface area contributed by atoms with Crippen molar-refractivity contribution in [3.63, 3.8) is 0 Å². The van der Waals surface area contributed by atoms with Crippen molar-refractivity contribution in [3.8, 4) is 0 Å². The Bertz CT molecular complexity index is 1060. The van der Waals surface area contributed by atoms with Gasteiger partial charge >= 0.3 is 19.8 Å². The Morgan fingerprint density at radius 1 is 0.585 bits per heavy atom. The molecular formula is C43H75O9P. The summed E-state index contributed by atoms with van der Waals surface area (Å²) in [6.45, 7) is 3.41. The molecular weight excluding hydrogens is 691 g/mol. The van der Waals surface area contributed by atoms with Crippen molar-refractivity contribution in [2.24, 2.45) is 0 Å². The van der Waals surface area contributed by atoms with Gasteiger partial charge in [0.15, 0.2) is 6.10 Å². The highest BCUT2D eigenvalue weighted by Crippen LogP contribution is 2.36. The van der Waals surface area contributed by atoms with Crippen molar-refractivity contribution in [1.29, 1.82) is 0 Å². The van der Waals surface area contributed by atoms with Gasteiger partial charge in [-0.15, -0.1) is 0 Å². The Balaban J connectivity index is 4.11. The molecule has 0 aliphatic heterocycles. The van der Waals surface area contributed by atoms with Gasteiger partial charge in [0.1, 0.15) is 6.61 Å². The topological polar surface area (TPSA) is 140 Å². The first-order valence-electron chi connectivity index (χ1n) is 20.7. The quantitative estimate of drug-likeness (QED) is 0.0185. The van der Waals surface area contributed by atoms with Crippen LogP contribution in [0.15, 0.2) is 60.8 Å². The van der Waals surface area contributed by atoms with Crippen LogP contribution in [0.2, 0.25) is 0 Å². The fraction of sp³-hybridized carbons (Fsp3) is 0.721. The van der Waals surface area contributed by atoms with Crippen molar-refractivity contribution in [3.05, 3.63) is 60.8 Å². The molecule has 2 atom stereocenters. The van der Waals surface area contributed by atoms with Crippen LogP contribution < -0.4 is 0 Å². The molecule has 0 radical (unpaired) electrons. The molecule has 0 aromatic carbocycles. The van der Waals surface area contributed by atoms with Crippen molar-refractivity contribution >= 4 is 19.8 Å². The van der Waals surface area contributed by atoms with Crippen LogP contribution in [0.3, 0.4) is 0 Å². The maximum Gasteiger partial charge on any atom is 0.469 e. The van der Waals surface area contributed by atoms with Gasteiger partial charge in [0.05, 0.1) is 12.7 Å². The lowest BCUT2D eigenvalue weighted by atomic mass is 10.0. The number of carbonyl (C=O) groups is 2. The first-order valence-corrected chi connectivity index (χ1v) is 22.2. The second-order valence-electron chi connectivity index (χ2n) is 13.8. The summed E-state index contributed by atoms with van der Waals surface area (Å²) in [6.07, 6.45) is 44.0. The van der Waals surface area contributed by atoms with E-state index in [1.807, 2.05) is 12.2 Å². The van der Waals surface area contributed by atoms with Crippen LogP contribution in [0.5, 0.6) is 0 Å². The van der Waals surface area contributed by atoms with Gasteiger partial charge in [-0.05, 0) is 44.9 Å². The summed E-state index contributed by atoms with van der Waals surface area (Å²) in [6, 6.07) is 0. The van der Waals surface area contributed by atoms with Crippen LogP contribution in [-0.2, 0) is 28.2 Å². The fourth-order valence-electron chi connectivity index (χ4n) is 5.58. The first-order chi connectivity index (χ1) is 25.7. The average molecular weight is 767 g/mol. The minimum absolute atomic E-state index is 0.0359. The summed E-state index contributed by atoms with van der Waals surface area (Å²) >= 11 is 0. The molecule has 0 aromatic heterocycles. The molecule has 0 spiro atoms. The van der Waals surface area contributed by atoms with E-state index in [9.17, 15) is 19.3 Å². The molecule has 0 saturated carbocycles. The molecule has 10 heteroatoms. The Morgan fingerprint density at radius 3 is 1.57 bits per heavy atom. The van der Waals surface area contributed by atoms with E-state index in [0.717, 1.165) is 44.9 Å². The Morgan fingerprint density at radius 2 is 1.06 bits per heavy atom. The zero-order valence-corrected chi connectivity index (χ0v) is 34.2. The van der Waals surface area contributed by atoms with E-state index in [2.05, 4.69) is 54.8 Å². The monoisotopic (exact) mass is 767 g/mol. The second-order valence-corrected chi connectivity index (χ2v) is 15.0. The van der Waals surface area contributed by atoms with Crippen LogP contribution in [0.25, 0.3) is 0 Å². The molecule has 9 nitrogen and oxygen atoms in total. The number of hydrogen-bond donors (Lipinski definition) is 3. The largest absolute Gasteiger partial charge is 0.469 e. The number of esters is 2. The highest BCUT2D eigenvalue weighted by molar-refractivity contribution is 7.46. The van der Waals surface area contributed by atoms with E-state index < -0.39 is 38.6 Å². The van der Waals surface area contributed by atoms with Crippen LogP contribution in [0, 0.1) is 0 Å². The van der Waals surface area contributed by atoms with Gasteiger partial charge in [0.25, 0.3) is 0 Å². The van der Waals surface area contributed by atoms with Crippen LogP contribution in [-0.4, -0.2) is 52.3 Å². The minimum atomic E-state index is -4.80. The maximum absolute atomic E-state index is 12.4. The molecule has 0 rings (SSSR count). The molecule has 1 unspecified atom stereocenters. The number of rotatable bonds is 37. The van der Waals surface area contributed by atoms with E-state index in [1.54, 1.807) is 12.2 Å². The normalized spacial score (nSPS) is 13.7.